The lowest BCUT2D eigenvalue weighted by Gasteiger charge is -2.45. The fraction of sp³-hybridized carbons (Fsp3) is 0.647. The maximum absolute atomic E-state index is 6.24. The van der Waals surface area contributed by atoms with Gasteiger partial charge in [0.05, 0.1) is 11.6 Å². The van der Waals surface area contributed by atoms with Crippen molar-refractivity contribution in [2.24, 2.45) is 11.8 Å². The number of aryl methyl sites for hydroxylation is 1. The van der Waals surface area contributed by atoms with E-state index >= 15 is 0 Å². The molecule has 0 aliphatic heterocycles. The topological polar surface area (TPSA) is 47.3 Å². The Morgan fingerprint density at radius 3 is 2.65 bits per heavy atom. The van der Waals surface area contributed by atoms with E-state index in [-0.39, 0.29) is 11.6 Å². The second-order valence-corrected chi connectivity index (χ2v) is 6.21. The number of rotatable bonds is 5. The molecule has 0 spiro atoms. The lowest BCUT2D eigenvalue weighted by atomic mass is 9.73. The van der Waals surface area contributed by atoms with Crippen molar-refractivity contribution in [2.75, 3.05) is 6.61 Å². The molecule has 112 valence electrons. The van der Waals surface area contributed by atoms with Gasteiger partial charge < -0.3 is 4.74 Å². The van der Waals surface area contributed by atoms with Gasteiger partial charge in [0.1, 0.15) is 0 Å². The van der Waals surface area contributed by atoms with Crippen LogP contribution < -0.4 is 11.3 Å². The van der Waals surface area contributed by atoms with Crippen molar-refractivity contribution in [2.45, 2.75) is 58.1 Å². The van der Waals surface area contributed by atoms with Gasteiger partial charge in [-0.3, -0.25) is 11.3 Å². The molecule has 3 heteroatoms. The predicted octanol–water partition coefficient (Wildman–Crippen LogP) is 3.48. The average molecular weight is 276 g/mol. The van der Waals surface area contributed by atoms with Gasteiger partial charge in [-0.2, -0.15) is 0 Å². The minimum Gasteiger partial charge on any atom is -0.373 e. The van der Waals surface area contributed by atoms with Crippen LogP contribution in [0.2, 0.25) is 0 Å². The van der Waals surface area contributed by atoms with Gasteiger partial charge in [0.2, 0.25) is 0 Å². The number of hydrogen-bond donors (Lipinski definition) is 2. The van der Waals surface area contributed by atoms with Gasteiger partial charge in [0, 0.05) is 6.61 Å². The van der Waals surface area contributed by atoms with E-state index in [4.69, 9.17) is 10.6 Å². The fourth-order valence-corrected chi connectivity index (χ4v) is 3.62. The van der Waals surface area contributed by atoms with Gasteiger partial charge in [-0.05, 0) is 38.2 Å². The Morgan fingerprint density at radius 1 is 1.40 bits per heavy atom. The molecule has 0 saturated heterocycles. The molecule has 0 heterocycles. The normalized spacial score (nSPS) is 28.3. The van der Waals surface area contributed by atoms with Crippen molar-refractivity contribution in [3.8, 4) is 0 Å². The van der Waals surface area contributed by atoms with E-state index in [0.29, 0.717) is 5.92 Å². The SMILES string of the molecule is CCOC1(C(NN)c2ccc(C)cc2)CCCC(C)C1. The van der Waals surface area contributed by atoms with Gasteiger partial charge in [-0.15, -0.1) is 0 Å². The number of benzene rings is 1. The molecular formula is C17H28N2O. The Kier molecular flexibility index (Phi) is 5.19. The molecule has 0 amide bonds. The number of nitrogens with two attached hydrogens (primary N) is 1. The highest BCUT2D eigenvalue weighted by Gasteiger charge is 2.43. The van der Waals surface area contributed by atoms with Gasteiger partial charge in [-0.25, -0.2) is 0 Å². The Hall–Kier alpha value is -0.900. The highest BCUT2D eigenvalue weighted by Crippen LogP contribution is 2.43. The summed E-state index contributed by atoms with van der Waals surface area (Å²) >= 11 is 0. The van der Waals surface area contributed by atoms with Crippen LogP contribution in [0.5, 0.6) is 0 Å². The molecule has 3 N–H and O–H groups in total. The molecule has 1 aliphatic rings. The first kappa shape index (κ1) is 15.5. The van der Waals surface area contributed by atoms with E-state index in [2.05, 4.69) is 50.5 Å². The molecule has 1 aliphatic carbocycles. The number of ether oxygens (including phenoxy) is 1. The Morgan fingerprint density at radius 2 is 2.10 bits per heavy atom. The molecule has 0 aromatic heterocycles. The quantitative estimate of drug-likeness (QED) is 0.639. The summed E-state index contributed by atoms with van der Waals surface area (Å²) in [6, 6.07) is 8.68. The fourth-order valence-electron chi connectivity index (χ4n) is 3.62. The lowest BCUT2D eigenvalue weighted by Crippen LogP contribution is -2.51. The zero-order valence-corrected chi connectivity index (χ0v) is 13.0. The third-order valence-corrected chi connectivity index (χ3v) is 4.53. The minimum atomic E-state index is -0.170. The van der Waals surface area contributed by atoms with Crippen LogP contribution in [0.4, 0.5) is 0 Å². The average Bonchev–Trinajstić information content (AvgIpc) is 2.42. The standard InChI is InChI=1S/C17H28N2O/c1-4-20-17(11-5-6-14(3)12-17)16(19-18)15-9-7-13(2)8-10-15/h7-10,14,16,19H,4-6,11-12,18H2,1-3H3. The maximum Gasteiger partial charge on any atom is 0.0891 e. The second kappa shape index (κ2) is 6.70. The van der Waals surface area contributed by atoms with Crippen molar-refractivity contribution >= 4 is 0 Å². The summed E-state index contributed by atoms with van der Waals surface area (Å²) in [5.74, 6) is 6.60. The van der Waals surface area contributed by atoms with Crippen LogP contribution in [-0.2, 0) is 4.74 Å². The smallest absolute Gasteiger partial charge is 0.0891 e. The summed E-state index contributed by atoms with van der Waals surface area (Å²) in [7, 11) is 0. The highest BCUT2D eigenvalue weighted by atomic mass is 16.5. The Balaban J connectivity index is 2.31. The van der Waals surface area contributed by atoms with Gasteiger partial charge in [-0.1, -0.05) is 49.6 Å². The molecule has 20 heavy (non-hydrogen) atoms. The van der Waals surface area contributed by atoms with Crippen molar-refractivity contribution in [1.29, 1.82) is 0 Å². The molecule has 1 fully saturated rings. The van der Waals surface area contributed by atoms with Crippen LogP contribution in [0, 0.1) is 12.8 Å². The number of hydrogen-bond acceptors (Lipinski definition) is 3. The maximum atomic E-state index is 6.24. The van der Waals surface area contributed by atoms with Crippen LogP contribution in [0.15, 0.2) is 24.3 Å². The summed E-state index contributed by atoms with van der Waals surface area (Å²) in [6.45, 7) is 7.23. The largest absolute Gasteiger partial charge is 0.373 e. The molecular weight excluding hydrogens is 248 g/mol. The molecule has 1 aromatic carbocycles. The van der Waals surface area contributed by atoms with Crippen LogP contribution in [0.1, 0.15) is 56.7 Å². The minimum absolute atomic E-state index is 0.0609. The molecule has 3 atom stereocenters. The third kappa shape index (κ3) is 3.22. The zero-order chi connectivity index (χ0) is 14.6. The third-order valence-electron chi connectivity index (χ3n) is 4.53. The molecule has 1 saturated carbocycles. The van der Waals surface area contributed by atoms with Gasteiger partial charge in [0.25, 0.3) is 0 Å². The summed E-state index contributed by atoms with van der Waals surface area (Å²) in [5.41, 5.74) is 5.35. The van der Waals surface area contributed by atoms with E-state index in [1.54, 1.807) is 0 Å². The zero-order valence-electron chi connectivity index (χ0n) is 13.0. The van der Waals surface area contributed by atoms with Crippen molar-refractivity contribution < 1.29 is 4.74 Å². The first-order valence-corrected chi connectivity index (χ1v) is 7.78. The first-order valence-electron chi connectivity index (χ1n) is 7.78. The molecule has 3 unspecified atom stereocenters. The predicted molar refractivity (Wildman–Crippen MR) is 83.2 cm³/mol. The van der Waals surface area contributed by atoms with E-state index in [1.165, 1.54) is 24.0 Å². The van der Waals surface area contributed by atoms with Crippen LogP contribution in [-0.4, -0.2) is 12.2 Å². The van der Waals surface area contributed by atoms with E-state index in [9.17, 15) is 0 Å². The molecule has 0 radical (unpaired) electrons. The molecule has 2 rings (SSSR count). The van der Waals surface area contributed by atoms with Crippen molar-refractivity contribution in [3.63, 3.8) is 0 Å². The van der Waals surface area contributed by atoms with E-state index in [0.717, 1.165) is 19.4 Å². The Bertz CT molecular complexity index is 414. The molecule has 0 bridgehead atoms. The first-order chi connectivity index (χ1) is 9.61. The van der Waals surface area contributed by atoms with Crippen LogP contribution >= 0.6 is 0 Å². The molecule has 1 aromatic rings. The van der Waals surface area contributed by atoms with E-state index < -0.39 is 0 Å². The van der Waals surface area contributed by atoms with Gasteiger partial charge in [0.15, 0.2) is 0 Å². The summed E-state index contributed by atoms with van der Waals surface area (Å²) < 4.78 is 6.24. The van der Waals surface area contributed by atoms with E-state index in [1.807, 2.05) is 0 Å². The summed E-state index contributed by atoms with van der Waals surface area (Å²) in [4.78, 5) is 0. The second-order valence-electron chi connectivity index (χ2n) is 6.21. The van der Waals surface area contributed by atoms with Gasteiger partial charge >= 0.3 is 0 Å². The summed E-state index contributed by atoms with van der Waals surface area (Å²) in [6.07, 6.45) is 4.66. The molecule has 3 nitrogen and oxygen atoms in total. The van der Waals surface area contributed by atoms with Crippen molar-refractivity contribution in [1.82, 2.24) is 5.43 Å². The highest BCUT2D eigenvalue weighted by molar-refractivity contribution is 5.26. The number of hydrazine groups is 1. The van der Waals surface area contributed by atoms with Crippen LogP contribution in [0.3, 0.4) is 0 Å². The van der Waals surface area contributed by atoms with Crippen molar-refractivity contribution in [3.05, 3.63) is 35.4 Å². The van der Waals surface area contributed by atoms with Crippen LogP contribution in [0.25, 0.3) is 0 Å². The lowest BCUT2D eigenvalue weighted by molar-refractivity contribution is -0.102. The Labute approximate surface area is 122 Å². The summed E-state index contributed by atoms with van der Waals surface area (Å²) in [5, 5.41) is 0. The number of nitrogens with one attached hydrogen (secondary N) is 1. The monoisotopic (exact) mass is 276 g/mol.